The number of benzene rings is 1. The first-order valence-corrected chi connectivity index (χ1v) is 7.96. The summed E-state index contributed by atoms with van der Waals surface area (Å²) in [6.45, 7) is 4.29. The predicted octanol–water partition coefficient (Wildman–Crippen LogP) is 2.31. The number of piperazine rings is 1. The summed E-state index contributed by atoms with van der Waals surface area (Å²) < 4.78 is 1.16. The average Bonchev–Trinajstić information content (AvgIpc) is 2.43. The van der Waals surface area contributed by atoms with Crippen LogP contribution in [-0.2, 0) is 16.1 Å². The maximum absolute atomic E-state index is 12.5. The molecule has 0 saturated carbocycles. The Morgan fingerprint density at radius 2 is 1.90 bits per heavy atom. The Balaban J connectivity index is 2.16. The molecule has 2 unspecified atom stereocenters. The van der Waals surface area contributed by atoms with E-state index in [-0.39, 0.29) is 17.9 Å². The lowest BCUT2D eigenvalue weighted by Crippen LogP contribution is -2.61. The second-order valence-electron chi connectivity index (χ2n) is 5.12. The van der Waals surface area contributed by atoms with Gasteiger partial charge in [-0.25, -0.2) is 0 Å². The van der Waals surface area contributed by atoms with Crippen molar-refractivity contribution in [1.82, 2.24) is 10.2 Å². The fourth-order valence-corrected chi connectivity index (χ4v) is 2.73. The van der Waals surface area contributed by atoms with Crippen LogP contribution in [0.3, 0.4) is 0 Å². The highest BCUT2D eigenvalue weighted by Crippen LogP contribution is 2.17. The Morgan fingerprint density at radius 3 is 2.50 bits per heavy atom. The van der Waals surface area contributed by atoms with Gasteiger partial charge < -0.3 is 10.2 Å². The van der Waals surface area contributed by atoms with Crippen molar-refractivity contribution in [3.05, 3.63) is 33.4 Å². The number of nitrogens with one attached hydrogen (secondary N) is 1. The Hall–Kier alpha value is -1.11. The normalized spacial score (nSPS) is 22.9. The van der Waals surface area contributed by atoms with Gasteiger partial charge in [0.1, 0.15) is 12.1 Å². The molecular formula is C15H19IN2O2. The van der Waals surface area contributed by atoms with Crippen LogP contribution < -0.4 is 5.32 Å². The fourth-order valence-electron chi connectivity index (χ4n) is 2.37. The molecule has 2 rings (SSSR count). The molecule has 1 aliphatic heterocycles. The molecule has 1 heterocycles. The summed E-state index contributed by atoms with van der Waals surface area (Å²) >= 11 is 2.25. The van der Waals surface area contributed by atoms with E-state index in [4.69, 9.17) is 0 Å². The van der Waals surface area contributed by atoms with Gasteiger partial charge >= 0.3 is 0 Å². The van der Waals surface area contributed by atoms with E-state index in [1.54, 1.807) is 11.8 Å². The molecule has 1 aromatic rings. The van der Waals surface area contributed by atoms with Gasteiger partial charge in [0.2, 0.25) is 11.8 Å². The van der Waals surface area contributed by atoms with Crippen molar-refractivity contribution in [2.45, 2.75) is 45.3 Å². The van der Waals surface area contributed by atoms with Gasteiger partial charge in [0.05, 0.1) is 0 Å². The third-order valence-electron chi connectivity index (χ3n) is 3.59. The molecule has 4 nitrogen and oxygen atoms in total. The van der Waals surface area contributed by atoms with Crippen LogP contribution >= 0.6 is 22.6 Å². The monoisotopic (exact) mass is 386 g/mol. The van der Waals surface area contributed by atoms with Crippen molar-refractivity contribution in [3.63, 3.8) is 0 Å². The van der Waals surface area contributed by atoms with Gasteiger partial charge in [0.15, 0.2) is 0 Å². The van der Waals surface area contributed by atoms with E-state index >= 15 is 0 Å². The average molecular weight is 386 g/mol. The second kappa shape index (κ2) is 6.56. The summed E-state index contributed by atoms with van der Waals surface area (Å²) in [6, 6.07) is 7.26. The van der Waals surface area contributed by atoms with Crippen LogP contribution in [0.4, 0.5) is 0 Å². The molecule has 1 N–H and O–H groups in total. The van der Waals surface area contributed by atoms with Crippen molar-refractivity contribution in [2.75, 3.05) is 0 Å². The minimum absolute atomic E-state index is 0.0255. The molecule has 1 aromatic carbocycles. The molecule has 0 aliphatic carbocycles. The summed E-state index contributed by atoms with van der Waals surface area (Å²) in [6.07, 6.45) is 1.57. The van der Waals surface area contributed by atoms with E-state index in [1.807, 2.05) is 31.2 Å². The Labute approximate surface area is 133 Å². The van der Waals surface area contributed by atoms with Crippen molar-refractivity contribution in [2.24, 2.45) is 0 Å². The molecule has 1 aliphatic rings. The van der Waals surface area contributed by atoms with E-state index in [0.717, 1.165) is 15.6 Å². The van der Waals surface area contributed by atoms with Crippen LogP contribution in [0.1, 0.15) is 32.3 Å². The van der Waals surface area contributed by atoms with Crippen molar-refractivity contribution < 1.29 is 9.59 Å². The molecule has 0 aromatic heterocycles. The fraction of sp³-hybridized carbons (Fsp3) is 0.467. The highest BCUT2D eigenvalue weighted by atomic mass is 127. The number of rotatable bonds is 4. The minimum atomic E-state index is -0.408. The smallest absolute Gasteiger partial charge is 0.246 e. The van der Waals surface area contributed by atoms with Gasteiger partial charge in [-0.05, 0) is 53.6 Å². The summed E-state index contributed by atoms with van der Waals surface area (Å²) in [4.78, 5) is 26.1. The standard InChI is InChI=1S/C15H19IN2O2/c1-3-4-13-15(20)18(10(2)14(19)17-13)9-11-5-7-12(16)8-6-11/h5-8,10,13H,3-4,9H2,1-2H3,(H,17,19). The summed E-state index contributed by atoms with van der Waals surface area (Å²) in [5.41, 5.74) is 1.05. The predicted molar refractivity (Wildman–Crippen MR) is 86.0 cm³/mol. The third-order valence-corrected chi connectivity index (χ3v) is 4.31. The van der Waals surface area contributed by atoms with Gasteiger partial charge in [-0.15, -0.1) is 0 Å². The topological polar surface area (TPSA) is 49.4 Å². The van der Waals surface area contributed by atoms with Gasteiger partial charge in [-0.3, -0.25) is 9.59 Å². The SMILES string of the molecule is CCCC1NC(=O)C(C)N(Cc2ccc(I)cc2)C1=O. The van der Waals surface area contributed by atoms with Crippen LogP contribution in [0.15, 0.2) is 24.3 Å². The van der Waals surface area contributed by atoms with Gasteiger partial charge in [0, 0.05) is 10.1 Å². The number of hydrogen-bond donors (Lipinski definition) is 1. The largest absolute Gasteiger partial charge is 0.343 e. The van der Waals surface area contributed by atoms with E-state index < -0.39 is 6.04 Å². The molecule has 108 valence electrons. The molecule has 0 spiro atoms. The van der Waals surface area contributed by atoms with Crippen LogP contribution in [0.25, 0.3) is 0 Å². The number of halogens is 1. The first-order valence-electron chi connectivity index (χ1n) is 6.88. The quantitative estimate of drug-likeness (QED) is 0.808. The number of carbonyl (C=O) groups excluding carboxylic acids is 2. The van der Waals surface area contributed by atoms with Crippen LogP contribution in [0.5, 0.6) is 0 Å². The number of hydrogen-bond acceptors (Lipinski definition) is 2. The molecular weight excluding hydrogens is 367 g/mol. The zero-order valence-corrected chi connectivity index (χ0v) is 13.9. The molecule has 2 atom stereocenters. The van der Waals surface area contributed by atoms with Gasteiger partial charge in [-0.2, -0.15) is 0 Å². The molecule has 0 radical (unpaired) electrons. The van der Waals surface area contributed by atoms with Gasteiger partial charge in [0.25, 0.3) is 0 Å². The lowest BCUT2D eigenvalue weighted by Gasteiger charge is -2.37. The van der Waals surface area contributed by atoms with Crippen molar-refractivity contribution in [3.8, 4) is 0 Å². The van der Waals surface area contributed by atoms with Crippen molar-refractivity contribution in [1.29, 1.82) is 0 Å². The van der Waals surface area contributed by atoms with Crippen LogP contribution in [0, 0.1) is 3.57 Å². The van der Waals surface area contributed by atoms with E-state index in [2.05, 4.69) is 27.9 Å². The van der Waals surface area contributed by atoms with E-state index in [9.17, 15) is 9.59 Å². The Bertz CT molecular complexity index is 501. The molecule has 5 heteroatoms. The first kappa shape index (κ1) is 15.3. The van der Waals surface area contributed by atoms with Crippen molar-refractivity contribution >= 4 is 34.4 Å². The highest BCUT2D eigenvalue weighted by molar-refractivity contribution is 14.1. The molecule has 1 saturated heterocycles. The lowest BCUT2D eigenvalue weighted by atomic mass is 10.0. The van der Waals surface area contributed by atoms with Crippen LogP contribution in [0.2, 0.25) is 0 Å². The zero-order chi connectivity index (χ0) is 14.7. The van der Waals surface area contributed by atoms with Crippen LogP contribution in [-0.4, -0.2) is 28.8 Å². The second-order valence-corrected chi connectivity index (χ2v) is 6.36. The summed E-state index contributed by atoms with van der Waals surface area (Å²) in [5, 5.41) is 2.81. The number of nitrogens with zero attached hydrogens (tertiary/aromatic N) is 1. The summed E-state index contributed by atoms with van der Waals surface area (Å²) in [7, 11) is 0. The third kappa shape index (κ3) is 3.31. The van der Waals surface area contributed by atoms with Gasteiger partial charge in [-0.1, -0.05) is 25.5 Å². The molecule has 20 heavy (non-hydrogen) atoms. The Morgan fingerprint density at radius 1 is 1.25 bits per heavy atom. The highest BCUT2D eigenvalue weighted by Gasteiger charge is 2.37. The van der Waals surface area contributed by atoms with E-state index in [0.29, 0.717) is 13.0 Å². The summed E-state index contributed by atoms with van der Waals surface area (Å²) in [5.74, 6) is -0.0361. The number of amides is 2. The molecule has 1 fully saturated rings. The molecule has 2 amide bonds. The maximum Gasteiger partial charge on any atom is 0.246 e. The van der Waals surface area contributed by atoms with E-state index in [1.165, 1.54) is 0 Å². The lowest BCUT2D eigenvalue weighted by molar-refractivity contribution is -0.149. The first-order chi connectivity index (χ1) is 9.52. The molecule has 0 bridgehead atoms. The Kier molecular flexibility index (Phi) is 5.01. The zero-order valence-electron chi connectivity index (χ0n) is 11.7. The minimum Gasteiger partial charge on any atom is -0.343 e. The number of carbonyl (C=O) groups is 2. The maximum atomic E-state index is 12.5.